The minimum Gasteiger partial charge on any atom is -0.339 e. The van der Waals surface area contributed by atoms with Crippen LogP contribution in [0.5, 0.6) is 0 Å². The number of aromatic nitrogens is 2. The Balaban J connectivity index is 1.94. The zero-order valence-corrected chi connectivity index (χ0v) is 12.0. The molecule has 1 aromatic heterocycles. The van der Waals surface area contributed by atoms with E-state index in [1.54, 1.807) is 6.20 Å². The third-order valence-corrected chi connectivity index (χ3v) is 3.88. The first kappa shape index (κ1) is 12.9. The first-order valence-corrected chi connectivity index (χ1v) is 7.08. The summed E-state index contributed by atoms with van der Waals surface area (Å²) < 4.78 is 1.84. The van der Waals surface area contributed by atoms with Crippen LogP contribution in [-0.2, 0) is 0 Å². The van der Waals surface area contributed by atoms with E-state index in [0.29, 0.717) is 5.56 Å². The zero-order chi connectivity index (χ0) is 14.1. The van der Waals surface area contributed by atoms with E-state index in [2.05, 4.69) is 24.2 Å². The molecule has 0 unspecified atom stereocenters. The second-order valence-electron chi connectivity index (χ2n) is 5.39. The van der Waals surface area contributed by atoms with Crippen LogP contribution in [-0.4, -0.2) is 33.7 Å². The van der Waals surface area contributed by atoms with Gasteiger partial charge in [0.05, 0.1) is 23.1 Å². The maximum Gasteiger partial charge on any atom is 0.257 e. The Morgan fingerprint density at radius 3 is 2.65 bits per heavy atom. The highest BCUT2D eigenvalue weighted by Crippen LogP contribution is 2.19. The van der Waals surface area contributed by atoms with E-state index in [0.717, 1.165) is 37.3 Å². The number of nitrogens with zero attached hydrogens (tertiary/aromatic N) is 3. The number of carbonyl (C=O) groups is 1. The van der Waals surface area contributed by atoms with E-state index < -0.39 is 0 Å². The molecule has 1 saturated heterocycles. The van der Waals surface area contributed by atoms with Gasteiger partial charge in [0.2, 0.25) is 0 Å². The normalized spacial score (nSPS) is 14.8. The predicted octanol–water partition coefficient (Wildman–Crippen LogP) is 2.73. The van der Waals surface area contributed by atoms with Crippen LogP contribution in [0.15, 0.2) is 30.5 Å². The lowest BCUT2D eigenvalue weighted by Crippen LogP contribution is -2.27. The molecule has 1 fully saturated rings. The van der Waals surface area contributed by atoms with Gasteiger partial charge < -0.3 is 4.90 Å². The molecule has 1 aromatic carbocycles. The van der Waals surface area contributed by atoms with Crippen molar-refractivity contribution >= 4 is 5.91 Å². The Labute approximate surface area is 119 Å². The van der Waals surface area contributed by atoms with Gasteiger partial charge in [0, 0.05) is 13.1 Å². The molecule has 0 aliphatic carbocycles. The number of hydrogen-bond donors (Lipinski definition) is 0. The summed E-state index contributed by atoms with van der Waals surface area (Å²) in [5, 5.41) is 4.39. The number of amides is 1. The van der Waals surface area contributed by atoms with E-state index in [1.807, 2.05) is 28.6 Å². The Morgan fingerprint density at radius 2 is 1.95 bits per heavy atom. The number of aryl methyl sites for hydroxylation is 1. The van der Waals surface area contributed by atoms with Crippen LogP contribution in [0.3, 0.4) is 0 Å². The minimum atomic E-state index is 0.110. The van der Waals surface area contributed by atoms with Gasteiger partial charge in [-0.3, -0.25) is 4.79 Å². The van der Waals surface area contributed by atoms with E-state index in [1.165, 1.54) is 5.56 Å². The molecular formula is C16H19N3O. The largest absolute Gasteiger partial charge is 0.339 e. The van der Waals surface area contributed by atoms with Crippen molar-refractivity contribution in [1.82, 2.24) is 14.7 Å². The molecule has 0 N–H and O–H groups in total. The van der Waals surface area contributed by atoms with Crippen molar-refractivity contribution in [1.29, 1.82) is 0 Å². The monoisotopic (exact) mass is 269 g/mol. The van der Waals surface area contributed by atoms with Crippen molar-refractivity contribution in [3.63, 3.8) is 0 Å². The molecule has 1 aliphatic heterocycles. The summed E-state index contributed by atoms with van der Waals surface area (Å²) in [7, 11) is 0. The van der Waals surface area contributed by atoms with Gasteiger partial charge in [-0.15, -0.1) is 0 Å². The molecule has 1 amide bonds. The van der Waals surface area contributed by atoms with Crippen molar-refractivity contribution in [2.24, 2.45) is 0 Å². The maximum atomic E-state index is 12.5. The molecule has 3 rings (SSSR count). The summed E-state index contributed by atoms with van der Waals surface area (Å²) in [6.07, 6.45) is 3.91. The Kier molecular flexibility index (Phi) is 3.30. The number of hydrogen-bond acceptors (Lipinski definition) is 2. The molecule has 0 saturated carbocycles. The SMILES string of the molecule is Cc1cccc(-n2ncc(C(=O)N3CCCC3)c2C)c1. The van der Waals surface area contributed by atoms with E-state index in [9.17, 15) is 4.79 Å². The van der Waals surface area contributed by atoms with Crippen LogP contribution in [0.2, 0.25) is 0 Å². The number of rotatable bonds is 2. The average Bonchev–Trinajstić information content (AvgIpc) is 3.07. The van der Waals surface area contributed by atoms with Crippen molar-refractivity contribution in [3.8, 4) is 5.69 Å². The summed E-state index contributed by atoms with van der Waals surface area (Å²) in [5.74, 6) is 0.110. The maximum absolute atomic E-state index is 12.5. The minimum absolute atomic E-state index is 0.110. The van der Waals surface area contributed by atoms with Gasteiger partial charge in [-0.1, -0.05) is 12.1 Å². The Morgan fingerprint density at radius 1 is 1.20 bits per heavy atom. The molecule has 0 radical (unpaired) electrons. The van der Waals surface area contributed by atoms with Crippen LogP contribution < -0.4 is 0 Å². The van der Waals surface area contributed by atoms with Crippen LogP contribution in [0.1, 0.15) is 34.5 Å². The van der Waals surface area contributed by atoms with E-state index in [-0.39, 0.29) is 5.91 Å². The second kappa shape index (κ2) is 5.12. The van der Waals surface area contributed by atoms with Gasteiger partial charge in [0.1, 0.15) is 0 Å². The highest BCUT2D eigenvalue weighted by molar-refractivity contribution is 5.95. The molecule has 2 heterocycles. The van der Waals surface area contributed by atoms with Crippen molar-refractivity contribution in [2.75, 3.05) is 13.1 Å². The molecule has 0 bridgehead atoms. The highest BCUT2D eigenvalue weighted by atomic mass is 16.2. The lowest BCUT2D eigenvalue weighted by Gasteiger charge is -2.14. The highest BCUT2D eigenvalue weighted by Gasteiger charge is 2.23. The third-order valence-electron chi connectivity index (χ3n) is 3.88. The Hall–Kier alpha value is -2.10. The van der Waals surface area contributed by atoms with Gasteiger partial charge in [0.25, 0.3) is 5.91 Å². The summed E-state index contributed by atoms with van der Waals surface area (Å²) >= 11 is 0. The quantitative estimate of drug-likeness (QED) is 0.840. The molecule has 104 valence electrons. The molecule has 20 heavy (non-hydrogen) atoms. The molecule has 2 aromatic rings. The summed E-state index contributed by atoms with van der Waals surface area (Å²) in [5.41, 5.74) is 3.81. The summed E-state index contributed by atoms with van der Waals surface area (Å²) in [6, 6.07) is 8.15. The number of carbonyl (C=O) groups excluding carboxylic acids is 1. The van der Waals surface area contributed by atoms with E-state index >= 15 is 0 Å². The van der Waals surface area contributed by atoms with Crippen LogP contribution >= 0.6 is 0 Å². The average molecular weight is 269 g/mol. The van der Waals surface area contributed by atoms with E-state index in [4.69, 9.17) is 0 Å². The lowest BCUT2D eigenvalue weighted by atomic mass is 10.2. The Bertz CT molecular complexity index is 639. The standard InChI is InChI=1S/C16H19N3O/c1-12-6-5-7-14(10-12)19-13(2)15(11-17-19)16(20)18-8-3-4-9-18/h5-7,10-11H,3-4,8-9H2,1-2H3. The van der Waals surface area contributed by atoms with Gasteiger partial charge >= 0.3 is 0 Å². The first-order chi connectivity index (χ1) is 9.66. The molecule has 4 heteroatoms. The number of likely N-dealkylation sites (tertiary alicyclic amines) is 1. The zero-order valence-electron chi connectivity index (χ0n) is 12.0. The van der Waals surface area contributed by atoms with Crippen LogP contribution in [0.4, 0.5) is 0 Å². The first-order valence-electron chi connectivity index (χ1n) is 7.08. The fourth-order valence-corrected chi connectivity index (χ4v) is 2.73. The fraction of sp³-hybridized carbons (Fsp3) is 0.375. The third kappa shape index (κ3) is 2.22. The van der Waals surface area contributed by atoms with Crippen molar-refractivity contribution in [2.45, 2.75) is 26.7 Å². The smallest absolute Gasteiger partial charge is 0.257 e. The summed E-state index contributed by atoms with van der Waals surface area (Å²) in [4.78, 5) is 14.4. The van der Waals surface area contributed by atoms with Crippen LogP contribution in [0.25, 0.3) is 5.69 Å². The fourth-order valence-electron chi connectivity index (χ4n) is 2.73. The van der Waals surface area contributed by atoms with Gasteiger partial charge in [-0.05, 0) is 44.4 Å². The molecule has 1 aliphatic rings. The molecule has 0 atom stereocenters. The molecule has 4 nitrogen and oxygen atoms in total. The predicted molar refractivity (Wildman–Crippen MR) is 78.2 cm³/mol. The summed E-state index contributed by atoms with van der Waals surface area (Å²) in [6.45, 7) is 5.75. The van der Waals surface area contributed by atoms with Crippen LogP contribution in [0, 0.1) is 13.8 Å². The van der Waals surface area contributed by atoms with Crippen molar-refractivity contribution in [3.05, 3.63) is 47.3 Å². The molecular weight excluding hydrogens is 250 g/mol. The molecule has 0 spiro atoms. The van der Waals surface area contributed by atoms with Gasteiger partial charge in [-0.25, -0.2) is 4.68 Å². The second-order valence-corrected chi connectivity index (χ2v) is 5.39. The topological polar surface area (TPSA) is 38.1 Å². The lowest BCUT2D eigenvalue weighted by molar-refractivity contribution is 0.0792. The number of benzene rings is 1. The van der Waals surface area contributed by atoms with Crippen molar-refractivity contribution < 1.29 is 4.79 Å². The van der Waals surface area contributed by atoms with Gasteiger partial charge in [0.15, 0.2) is 0 Å². The van der Waals surface area contributed by atoms with Gasteiger partial charge in [-0.2, -0.15) is 5.10 Å².